The topological polar surface area (TPSA) is 79.0 Å². The Kier molecular flexibility index (Phi) is 8.83. The number of morpholine rings is 1. The molecule has 1 fully saturated rings. The first-order valence-corrected chi connectivity index (χ1v) is 12.6. The van der Waals surface area contributed by atoms with Crippen LogP contribution in [0.4, 0.5) is 4.39 Å². The lowest BCUT2D eigenvalue weighted by Gasteiger charge is -2.26. The summed E-state index contributed by atoms with van der Waals surface area (Å²) in [7, 11) is 0.0536. The van der Waals surface area contributed by atoms with Gasteiger partial charge in [0.05, 0.1) is 24.2 Å². The number of hydrogen-bond acceptors (Lipinski definition) is 5. The van der Waals surface area contributed by atoms with E-state index in [2.05, 4.69) is 5.32 Å². The van der Waals surface area contributed by atoms with E-state index in [1.165, 1.54) is 10.4 Å². The quantitative estimate of drug-likeness (QED) is 0.576. The second-order valence-corrected chi connectivity index (χ2v) is 10.4. The molecule has 0 radical (unpaired) electrons. The molecule has 1 aliphatic heterocycles. The van der Waals surface area contributed by atoms with Crippen LogP contribution in [0.5, 0.6) is 0 Å². The molecule has 2 aromatic carbocycles. The molecule has 0 saturated carbocycles. The Morgan fingerprint density at radius 3 is 2.45 bits per heavy atom. The predicted octanol–water partition coefficient (Wildman–Crippen LogP) is 2.85. The molecular formula is C23H29ClFN3O4S. The molecule has 10 heteroatoms. The molecule has 33 heavy (non-hydrogen) atoms. The summed E-state index contributed by atoms with van der Waals surface area (Å²) in [6, 6.07) is 10.7. The third-order valence-corrected chi connectivity index (χ3v) is 7.86. The minimum absolute atomic E-state index is 0.181. The molecule has 180 valence electrons. The van der Waals surface area contributed by atoms with Crippen LogP contribution in [0.25, 0.3) is 0 Å². The normalized spacial score (nSPS) is 16.0. The Labute approximate surface area is 199 Å². The highest BCUT2D eigenvalue weighted by molar-refractivity contribution is 7.89. The van der Waals surface area contributed by atoms with Gasteiger partial charge in [-0.05, 0) is 50.3 Å². The van der Waals surface area contributed by atoms with E-state index in [1.807, 2.05) is 0 Å². The molecule has 3 rings (SSSR count). The van der Waals surface area contributed by atoms with E-state index in [4.69, 9.17) is 16.3 Å². The molecule has 0 bridgehead atoms. The van der Waals surface area contributed by atoms with E-state index in [-0.39, 0.29) is 23.8 Å². The third kappa shape index (κ3) is 6.51. The maximum Gasteiger partial charge on any atom is 0.243 e. The number of benzene rings is 2. The minimum Gasteiger partial charge on any atom is -0.379 e. The van der Waals surface area contributed by atoms with Gasteiger partial charge in [0.25, 0.3) is 0 Å². The van der Waals surface area contributed by atoms with Crippen LogP contribution >= 0.6 is 11.6 Å². The van der Waals surface area contributed by atoms with Crippen molar-refractivity contribution in [3.8, 4) is 0 Å². The van der Waals surface area contributed by atoms with Gasteiger partial charge in [0.2, 0.25) is 15.9 Å². The Morgan fingerprint density at radius 1 is 1.18 bits per heavy atom. The van der Waals surface area contributed by atoms with Gasteiger partial charge in [-0.1, -0.05) is 29.8 Å². The lowest BCUT2D eigenvalue weighted by atomic mass is 10.0. The lowest BCUT2D eigenvalue weighted by Crippen LogP contribution is -2.40. The van der Waals surface area contributed by atoms with E-state index >= 15 is 0 Å². The molecule has 1 aliphatic rings. The molecule has 2 aromatic rings. The number of aryl methyl sites for hydroxylation is 1. The fourth-order valence-electron chi connectivity index (χ4n) is 3.69. The zero-order valence-corrected chi connectivity index (χ0v) is 20.3. The summed E-state index contributed by atoms with van der Waals surface area (Å²) in [6.45, 7) is 1.68. The highest BCUT2D eigenvalue weighted by Gasteiger charge is 2.26. The fraction of sp³-hybridized carbons (Fsp3) is 0.435. The van der Waals surface area contributed by atoms with Crippen LogP contribution < -0.4 is 5.32 Å². The van der Waals surface area contributed by atoms with E-state index in [9.17, 15) is 17.6 Å². The van der Waals surface area contributed by atoms with Gasteiger partial charge in [0, 0.05) is 36.6 Å². The van der Waals surface area contributed by atoms with Crippen molar-refractivity contribution in [1.82, 2.24) is 14.5 Å². The van der Waals surface area contributed by atoms with E-state index in [0.717, 1.165) is 5.56 Å². The van der Waals surface area contributed by atoms with Crippen LogP contribution in [-0.4, -0.2) is 70.5 Å². The summed E-state index contributed by atoms with van der Waals surface area (Å²) in [5.74, 6) is -0.595. The highest BCUT2D eigenvalue weighted by atomic mass is 35.5. The molecule has 7 nitrogen and oxygen atoms in total. The molecule has 1 atom stereocenters. The molecular weight excluding hydrogens is 469 g/mol. The van der Waals surface area contributed by atoms with Crippen LogP contribution in [0.3, 0.4) is 0 Å². The van der Waals surface area contributed by atoms with E-state index < -0.39 is 21.9 Å². The number of carbonyl (C=O) groups excluding carboxylic acids is 1. The zero-order chi connectivity index (χ0) is 24.0. The second kappa shape index (κ2) is 11.4. The summed E-state index contributed by atoms with van der Waals surface area (Å²) in [5.41, 5.74) is 1.20. The number of ether oxygens (including phenoxy) is 1. The summed E-state index contributed by atoms with van der Waals surface area (Å²) >= 11 is 6.19. The van der Waals surface area contributed by atoms with Gasteiger partial charge < -0.3 is 15.0 Å². The lowest BCUT2D eigenvalue weighted by molar-refractivity contribution is -0.121. The minimum atomic E-state index is -3.54. The number of amides is 1. The molecule has 1 saturated heterocycles. The van der Waals surface area contributed by atoms with Crippen LogP contribution in [-0.2, 0) is 26.0 Å². The van der Waals surface area contributed by atoms with Gasteiger partial charge in [0.15, 0.2) is 0 Å². The Balaban J connectivity index is 1.55. The maximum absolute atomic E-state index is 14.3. The number of likely N-dealkylation sites (N-methyl/N-ethyl adjacent to an activating group) is 1. The Bertz CT molecular complexity index is 1040. The molecule has 0 spiro atoms. The van der Waals surface area contributed by atoms with Crippen LogP contribution in [0.15, 0.2) is 47.4 Å². The van der Waals surface area contributed by atoms with Crippen molar-refractivity contribution in [2.45, 2.75) is 23.8 Å². The predicted molar refractivity (Wildman–Crippen MR) is 125 cm³/mol. The summed E-state index contributed by atoms with van der Waals surface area (Å²) in [4.78, 5) is 14.4. The summed E-state index contributed by atoms with van der Waals surface area (Å²) < 4.78 is 46.3. The monoisotopic (exact) mass is 497 g/mol. The molecule has 0 aliphatic carbocycles. The van der Waals surface area contributed by atoms with Crippen molar-refractivity contribution >= 4 is 27.5 Å². The van der Waals surface area contributed by atoms with Crippen molar-refractivity contribution < 1.29 is 22.3 Å². The fourth-order valence-corrected chi connectivity index (χ4v) is 5.39. The molecule has 0 aromatic heterocycles. The van der Waals surface area contributed by atoms with Crippen molar-refractivity contribution in [3.05, 3.63) is 64.4 Å². The van der Waals surface area contributed by atoms with Crippen molar-refractivity contribution in [3.63, 3.8) is 0 Å². The maximum atomic E-state index is 14.3. The number of nitrogens with one attached hydrogen (secondary N) is 1. The van der Waals surface area contributed by atoms with Crippen molar-refractivity contribution in [2.24, 2.45) is 0 Å². The average Bonchev–Trinajstić information content (AvgIpc) is 2.80. The summed E-state index contributed by atoms with van der Waals surface area (Å²) in [5, 5.41) is 3.16. The number of nitrogens with zero attached hydrogens (tertiary/aromatic N) is 2. The standard InChI is InChI=1S/C23H29ClFN3O4S/c1-27(2)21(23-19(24)4-3-5-20(23)25)16-26-22(29)11-8-17-6-9-18(10-7-17)33(30,31)28-12-14-32-15-13-28/h3-7,9-10,21H,8,11-16H2,1-2H3,(H,26,29). The highest BCUT2D eigenvalue weighted by Crippen LogP contribution is 2.28. The number of carbonyl (C=O) groups is 1. The van der Waals surface area contributed by atoms with Gasteiger partial charge in [-0.3, -0.25) is 4.79 Å². The first kappa shape index (κ1) is 25.6. The van der Waals surface area contributed by atoms with E-state index in [1.54, 1.807) is 55.4 Å². The van der Waals surface area contributed by atoms with Crippen LogP contribution in [0, 0.1) is 5.82 Å². The largest absolute Gasteiger partial charge is 0.379 e. The smallest absolute Gasteiger partial charge is 0.243 e. The first-order chi connectivity index (χ1) is 15.7. The summed E-state index contributed by atoms with van der Waals surface area (Å²) in [6.07, 6.45) is 0.678. The van der Waals surface area contributed by atoms with Crippen LogP contribution in [0.1, 0.15) is 23.6 Å². The van der Waals surface area contributed by atoms with Gasteiger partial charge in [-0.15, -0.1) is 0 Å². The van der Waals surface area contributed by atoms with E-state index in [0.29, 0.717) is 43.3 Å². The van der Waals surface area contributed by atoms with Gasteiger partial charge >= 0.3 is 0 Å². The number of hydrogen-bond donors (Lipinski definition) is 1. The second-order valence-electron chi connectivity index (χ2n) is 8.08. The number of sulfonamides is 1. The Morgan fingerprint density at radius 2 is 1.85 bits per heavy atom. The average molecular weight is 498 g/mol. The molecule has 1 N–H and O–H groups in total. The zero-order valence-electron chi connectivity index (χ0n) is 18.8. The third-order valence-electron chi connectivity index (χ3n) is 5.62. The van der Waals surface area contributed by atoms with Crippen molar-refractivity contribution in [2.75, 3.05) is 46.9 Å². The number of rotatable bonds is 9. The SMILES string of the molecule is CN(C)C(CNC(=O)CCc1ccc(S(=O)(=O)N2CCOCC2)cc1)c1c(F)cccc1Cl. The van der Waals surface area contributed by atoms with Gasteiger partial charge in [-0.2, -0.15) is 4.31 Å². The van der Waals surface area contributed by atoms with Gasteiger partial charge in [-0.25, -0.2) is 12.8 Å². The Hall–Kier alpha value is -2.04. The number of halogens is 2. The molecule has 1 amide bonds. The van der Waals surface area contributed by atoms with Crippen LogP contribution in [0.2, 0.25) is 5.02 Å². The molecule has 1 heterocycles. The van der Waals surface area contributed by atoms with Crippen molar-refractivity contribution in [1.29, 1.82) is 0 Å². The first-order valence-electron chi connectivity index (χ1n) is 10.7. The van der Waals surface area contributed by atoms with Gasteiger partial charge in [0.1, 0.15) is 5.82 Å². The molecule has 1 unspecified atom stereocenters.